The summed E-state index contributed by atoms with van der Waals surface area (Å²) in [5.74, 6) is 2.32. The Labute approximate surface area is 162 Å². The number of benzene rings is 2. The highest BCUT2D eigenvalue weighted by Gasteiger charge is 2.16. The molecular formula is C21H19N3O4. The zero-order valence-electron chi connectivity index (χ0n) is 15.6. The second-order valence-corrected chi connectivity index (χ2v) is 6.23. The topological polar surface area (TPSA) is 82.6 Å². The van der Waals surface area contributed by atoms with E-state index in [0.29, 0.717) is 47.5 Å². The SMILES string of the molecule is COc1ccc(-c2ncc(C(=O)Nc3ccc4c(c3)OCCO4)c(C)n2)cc1. The number of methoxy groups -OCH3 is 1. The molecule has 7 heteroatoms. The summed E-state index contributed by atoms with van der Waals surface area (Å²) in [6, 6.07) is 12.7. The Hall–Kier alpha value is -3.61. The molecule has 0 saturated carbocycles. The van der Waals surface area contributed by atoms with Crippen LogP contribution in [0.1, 0.15) is 16.1 Å². The van der Waals surface area contributed by atoms with Crippen LogP contribution in [0.3, 0.4) is 0 Å². The number of hydrogen-bond donors (Lipinski definition) is 1. The fourth-order valence-electron chi connectivity index (χ4n) is 2.89. The summed E-state index contributed by atoms with van der Waals surface area (Å²) >= 11 is 0. The Morgan fingerprint density at radius 2 is 1.82 bits per heavy atom. The molecule has 0 saturated heterocycles. The maximum atomic E-state index is 12.7. The number of anilines is 1. The van der Waals surface area contributed by atoms with Crippen LogP contribution in [0.2, 0.25) is 0 Å². The van der Waals surface area contributed by atoms with Crippen molar-refractivity contribution in [1.82, 2.24) is 9.97 Å². The van der Waals surface area contributed by atoms with Crippen molar-refractivity contribution >= 4 is 11.6 Å². The van der Waals surface area contributed by atoms with Gasteiger partial charge in [-0.3, -0.25) is 4.79 Å². The summed E-state index contributed by atoms with van der Waals surface area (Å²) < 4.78 is 16.2. The van der Waals surface area contributed by atoms with Gasteiger partial charge >= 0.3 is 0 Å². The predicted octanol–water partition coefficient (Wildman–Crippen LogP) is 3.48. The van der Waals surface area contributed by atoms with Crippen LogP contribution in [0.25, 0.3) is 11.4 Å². The van der Waals surface area contributed by atoms with E-state index in [1.165, 1.54) is 6.20 Å². The molecule has 142 valence electrons. The van der Waals surface area contributed by atoms with Crippen LogP contribution in [0, 0.1) is 6.92 Å². The van der Waals surface area contributed by atoms with Gasteiger partial charge < -0.3 is 19.5 Å². The molecule has 1 aliphatic rings. The molecule has 0 atom stereocenters. The molecule has 0 spiro atoms. The fraction of sp³-hybridized carbons (Fsp3) is 0.190. The highest BCUT2D eigenvalue weighted by Crippen LogP contribution is 2.32. The minimum Gasteiger partial charge on any atom is -0.497 e. The average molecular weight is 377 g/mol. The molecule has 2 aromatic carbocycles. The van der Waals surface area contributed by atoms with E-state index in [0.717, 1.165) is 11.3 Å². The molecule has 0 bridgehead atoms. The molecule has 0 aliphatic carbocycles. The van der Waals surface area contributed by atoms with Gasteiger partial charge in [0.2, 0.25) is 0 Å². The molecule has 0 unspecified atom stereocenters. The molecule has 2 heterocycles. The summed E-state index contributed by atoms with van der Waals surface area (Å²) in [6.07, 6.45) is 1.54. The van der Waals surface area contributed by atoms with Crippen LogP contribution in [0.5, 0.6) is 17.2 Å². The molecule has 1 amide bonds. The van der Waals surface area contributed by atoms with Gasteiger partial charge in [0.05, 0.1) is 18.4 Å². The number of nitrogens with one attached hydrogen (secondary N) is 1. The maximum Gasteiger partial charge on any atom is 0.259 e. The lowest BCUT2D eigenvalue weighted by atomic mass is 10.1. The first-order valence-electron chi connectivity index (χ1n) is 8.83. The van der Waals surface area contributed by atoms with E-state index in [2.05, 4.69) is 15.3 Å². The van der Waals surface area contributed by atoms with E-state index < -0.39 is 0 Å². The first kappa shape index (κ1) is 17.8. The van der Waals surface area contributed by atoms with Crippen LogP contribution in [-0.2, 0) is 0 Å². The number of carbonyl (C=O) groups excluding carboxylic acids is 1. The number of aromatic nitrogens is 2. The Morgan fingerprint density at radius 3 is 2.54 bits per heavy atom. The minimum absolute atomic E-state index is 0.282. The van der Waals surface area contributed by atoms with Crippen LogP contribution in [-0.4, -0.2) is 36.2 Å². The molecule has 3 aromatic rings. The van der Waals surface area contributed by atoms with Gasteiger partial charge in [-0.25, -0.2) is 9.97 Å². The standard InChI is InChI=1S/C21H19N3O4/c1-13-17(12-22-20(23-13)14-3-6-16(26-2)7-4-14)21(25)24-15-5-8-18-19(11-15)28-10-9-27-18/h3-8,11-12H,9-10H2,1-2H3,(H,24,25). The Balaban J connectivity index is 1.53. The van der Waals surface area contributed by atoms with Crippen LogP contribution < -0.4 is 19.5 Å². The predicted molar refractivity (Wildman–Crippen MR) is 104 cm³/mol. The summed E-state index contributed by atoms with van der Waals surface area (Å²) in [5.41, 5.74) is 2.47. The Bertz CT molecular complexity index is 1020. The first-order valence-corrected chi connectivity index (χ1v) is 8.83. The zero-order valence-corrected chi connectivity index (χ0v) is 15.6. The summed E-state index contributed by atoms with van der Waals surface area (Å²) in [4.78, 5) is 21.5. The van der Waals surface area contributed by atoms with E-state index in [9.17, 15) is 4.79 Å². The van der Waals surface area contributed by atoms with Gasteiger partial charge in [-0.2, -0.15) is 0 Å². The number of carbonyl (C=O) groups is 1. The average Bonchev–Trinajstić information content (AvgIpc) is 2.73. The van der Waals surface area contributed by atoms with Crippen molar-refractivity contribution < 1.29 is 19.0 Å². The molecule has 1 N–H and O–H groups in total. The number of amides is 1. The molecule has 1 aromatic heterocycles. The molecular weight excluding hydrogens is 358 g/mol. The lowest BCUT2D eigenvalue weighted by Crippen LogP contribution is -2.17. The molecule has 28 heavy (non-hydrogen) atoms. The van der Waals surface area contributed by atoms with E-state index in [4.69, 9.17) is 14.2 Å². The van der Waals surface area contributed by atoms with E-state index in [1.807, 2.05) is 24.3 Å². The summed E-state index contributed by atoms with van der Waals surface area (Å²) in [5, 5.41) is 2.85. The van der Waals surface area contributed by atoms with Gasteiger partial charge in [0.1, 0.15) is 19.0 Å². The Kier molecular flexibility index (Phi) is 4.80. The molecule has 0 radical (unpaired) electrons. The molecule has 7 nitrogen and oxygen atoms in total. The van der Waals surface area contributed by atoms with Gasteiger partial charge in [0.15, 0.2) is 17.3 Å². The first-order chi connectivity index (χ1) is 13.6. The van der Waals surface area contributed by atoms with E-state index >= 15 is 0 Å². The number of hydrogen-bond acceptors (Lipinski definition) is 6. The normalized spacial score (nSPS) is 12.4. The summed E-state index contributed by atoms with van der Waals surface area (Å²) in [6.45, 7) is 2.80. The van der Waals surface area contributed by atoms with Crippen molar-refractivity contribution in [1.29, 1.82) is 0 Å². The number of nitrogens with zero attached hydrogens (tertiary/aromatic N) is 2. The smallest absolute Gasteiger partial charge is 0.259 e. The lowest BCUT2D eigenvalue weighted by Gasteiger charge is -2.19. The molecule has 4 rings (SSSR count). The second-order valence-electron chi connectivity index (χ2n) is 6.23. The van der Waals surface area contributed by atoms with Gasteiger partial charge in [0.25, 0.3) is 5.91 Å². The van der Waals surface area contributed by atoms with Crippen molar-refractivity contribution in [2.75, 3.05) is 25.6 Å². The number of ether oxygens (including phenoxy) is 3. The third-order valence-corrected chi connectivity index (χ3v) is 4.37. The molecule has 0 fully saturated rings. The van der Waals surface area contributed by atoms with Crippen molar-refractivity contribution in [2.24, 2.45) is 0 Å². The third kappa shape index (κ3) is 3.59. The second kappa shape index (κ2) is 7.56. The summed E-state index contributed by atoms with van der Waals surface area (Å²) in [7, 11) is 1.62. The van der Waals surface area contributed by atoms with Crippen LogP contribution in [0.15, 0.2) is 48.7 Å². The minimum atomic E-state index is -0.282. The van der Waals surface area contributed by atoms with Crippen LogP contribution in [0.4, 0.5) is 5.69 Å². The van der Waals surface area contributed by atoms with Gasteiger partial charge in [-0.05, 0) is 43.3 Å². The maximum absolute atomic E-state index is 12.7. The van der Waals surface area contributed by atoms with Gasteiger partial charge in [-0.1, -0.05) is 0 Å². The molecule has 1 aliphatic heterocycles. The highest BCUT2D eigenvalue weighted by atomic mass is 16.6. The lowest BCUT2D eigenvalue weighted by molar-refractivity contribution is 0.102. The quantitative estimate of drug-likeness (QED) is 0.750. The fourth-order valence-corrected chi connectivity index (χ4v) is 2.89. The highest BCUT2D eigenvalue weighted by molar-refractivity contribution is 6.05. The van der Waals surface area contributed by atoms with Crippen molar-refractivity contribution in [3.05, 3.63) is 59.9 Å². The van der Waals surface area contributed by atoms with Gasteiger partial charge in [-0.15, -0.1) is 0 Å². The monoisotopic (exact) mass is 377 g/mol. The van der Waals surface area contributed by atoms with Gasteiger partial charge in [0, 0.05) is 23.5 Å². The number of rotatable bonds is 4. The van der Waals surface area contributed by atoms with Crippen molar-refractivity contribution in [2.45, 2.75) is 6.92 Å². The number of aryl methyl sites for hydroxylation is 1. The van der Waals surface area contributed by atoms with E-state index in [1.54, 1.807) is 32.2 Å². The zero-order chi connectivity index (χ0) is 19.5. The van der Waals surface area contributed by atoms with Crippen LogP contribution >= 0.6 is 0 Å². The van der Waals surface area contributed by atoms with Crippen molar-refractivity contribution in [3.8, 4) is 28.6 Å². The third-order valence-electron chi connectivity index (χ3n) is 4.37. The Morgan fingerprint density at radius 1 is 1.07 bits per heavy atom. The largest absolute Gasteiger partial charge is 0.497 e. The van der Waals surface area contributed by atoms with E-state index in [-0.39, 0.29) is 5.91 Å². The number of fused-ring (bicyclic) bond motifs is 1. The van der Waals surface area contributed by atoms with Crippen molar-refractivity contribution in [3.63, 3.8) is 0 Å².